The Labute approximate surface area is 84.2 Å². The number of hydrogen-bond acceptors (Lipinski definition) is 3. The van der Waals surface area contributed by atoms with Crippen LogP contribution in [0, 0.1) is 0 Å². The quantitative estimate of drug-likeness (QED) is 0.431. The predicted molar refractivity (Wildman–Crippen MR) is 43.9 cm³/mol. The van der Waals surface area contributed by atoms with Gasteiger partial charge in [-0.2, -0.15) is 0 Å². The van der Waals surface area contributed by atoms with E-state index in [9.17, 15) is 4.79 Å². The van der Waals surface area contributed by atoms with Gasteiger partial charge in [-0.1, -0.05) is 19.8 Å². The second-order valence-corrected chi connectivity index (χ2v) is 2.64. The third-order valence-electron chi connectivity index (χ3n) is 1.41. The van der Waals surface area contributed by atoms with E-state index in [0.29, 0.717) is 0 Å². The van der Waals surface area contributed by atoms with Crippen LogP contribution in [0.2, 0.25) is 0 Å². The van der Waals surface area contributed by atoms with Crippen LogP contribution in [0.4, 0.5) is 0 Å². The molecule has 0 aliphatic carbocycles. The Morgan fingerprint density at radius 2 is 2.08 bits per heavy atom. The summed E-state index contributed by atoms with van der Waals surface area (Å²) in [6.07, 6.45) is 3.71. The van der Waals surface area contributed by atoms with E-state index in [0.717, 1.165) is 25.7 Å². The van der Waals surface area contributed by atoms with E-state index in [1.54, 1.807) is 0 Å². The van der Waals surface area contributed by atoms with Crippen molar-refractivity contribution in [2.75, 3.05) is 0 Å². The largest absolute Gasteiger partial charge is 0.447 e. The van der Waals surface area contributed by atoms with Gasteiger partial charge in [0.25, 0.3) is 0 Å². The van der Waals surface area contributed by atoms with Gasteiger partial charge in [-0.05, 0) is 12.8 Å². The maximum absolute atomic E-state index is 10.4. The first-order valence-corrected chi connectivity index (χ1v) is 4.09. The Kier molecular flexibility index (Phi) is 10.9. The molecular formula is C8H17CoNO2. The molecular weight excluding hydrogens is 201 g/mol. The number of esters is 1. The first kappa shape index (κ1) is 14.5. The smallest absolute Gasteiger partial charge is 0.304 e. The summed E-state index contributed by atoms with van der Waals surface area (Å²) in [6.45, 7) is 3.50. The Morgan fingerprint density at radius 3 is 2.50 bits per heavy atom. The molecule has 0 heterocycles. The van der Waals surface area contributed by atoms with E-state index in [1.807, 2.05) is 0 Å². The summed E-state index contributed by atoms with van der Waals surface area (Å²) < 4.78 is 4.74. The molecule has 0 bridgehead atoms. The second kappa shape index (κ2) is 9.03. The average Bonchev–Trinajstić information content (AvgIpc) is 1.86. The van der Waals surface area contributed by atoms with E-state index in [-0.39, 0.29) is 22.7 Å². The molecule has 0 saturated heterocycles. The fourth-order valence-electron chi connectivity index (χ4n) is 0.868. The SMILES string of the molecule is CCCCCC(N)OC(C)=O.[Co]. The molecule has 3 nitrogen and oxygen atoms in total. The van der Waals surface area contributed by atoms with Crippen molar-refractivity contribution in [1.29, 1.82) is 0 Å². The van der Waals surface area contributed by atoms with Gasteiger partial charge in [0, 0.05) is 23.7 Å². The van der Waals surface area contributed by atoms with Crippen molar-refractivity contribution in [3.8, 4) is 0 Å². The van der Waals surface area contributed by atoms with Crippen molar-refractivity contribution in [2.45, 2.75) is 45.8 Å². The fourth-order valence-corrected chi connectivity index (χ4v) is 0.868. The average molecular weight is 218 g/mol. The zero-order valence-electron chi connectivity index (χ0n) is 7.63. The second-order valence-electron chi connectivity index (χ2n) is 2.64. The summed E-state index contributed by atoms with van der Waals surface area (Å²) in [5.74, 6) is -0.297. The minimum atomic E-state index is -0.404. The number of unbranched alkanes of at least 4 members (excludes halogenated alkanes) is 2. The molecule has 12 heavy (non-hydrogen) atoms. The molecule has 2 N–H and O–H groups in total. The van der Waals surface area contributed by atoms with Crippen LogP contribution in [0.1, 0.15) is 39.5 Å². The van der Waals surface area contributed by atoms with Crippen LogP contribution in [0.5, 0.6) is 0 Å². The van der Waals surface area contributed by atoms with Crippen LogP contribution in [-0.4, -0.2) is 12.2 Å². The molecule has 0 aromatic rings. The standard InChI is InChI=1S/C8H17NO2.Co/c1-3-4-5-6-8(9)11-7(2)10;/h8H,3-6,9H2,1-2H3;. The Bertz CT molecular complexity index is 120. The number of carbonyl (C=O) groups excluding carboxylic acids is 1. The molecule has 1 atom stereocenters. The van der Waals surface area contributed by atoms with Crippen LogP contribution >= 0.6 is 0 Å². The maximum atomic E-state index is 10.4. The molecule has 1 unspecified atom stereocenters. The van der Waals surface area contributed by atoms with E-state index in [4.69, 9.17) is 10.5 Å². The molecule has 0 aromatic heterocycles. The van der Waals surface area contributed by atoms with Crippen molar-refractivity contribution in [2.24, 2.45) is 5.73 Å². The first-order valence-electron chi connectivity index (χ1n) is 4.09. The van der Waals surface area contributed by atoms with Crippen LogP contribution in [0.15, 0.2) is 0 Å². The van der Waals surface area contributed by atoms with Gasteiger partial charge in [-0.15, -0.1) is 0 Å². The van der Waals surface area contributed by atoms with Gasteiger partial charge < -0.3 is 4.74 Å². The molecule has 4 heteroatoms. The minimum absolute atomic E-state index is 0. The van der Waals surface area contributed by atoms with Gasteiger partial charge in [0.1, 0.15) is 0 Å². The topological polar surface area (TPSA) is 52.3 Å². The van der Waals surface area contributed by atoms with Gasteiger partial charge in [0.05, 0.1) is 0 Å². The van der Waals surface area contributed by atoms with Gasteiger partial charge in [-0.25, -0.2) is 0 Å². The molecule has 0 amide bonds. The number of nitrogens with two attached hydrogens (primary N) is 1. The number of rotatable bonds is 5. The summed E-state index contributed by atoms with van der Waals surface area (Å²) in [5.41, 5.74) is 5.47. The van der Waals surface area contributed by atoms with E-state index in [2.05, 4.69) is 6.92 Å². The minimum Gasteiger partial charge on any atom is -0.447 e. The van der Waals surface area contributed by atoms with Crippen molar-refractivity contribution in [3.63, 3.8) is 0 Å². The Hall–Kier alpha value is -0.0635. The van der Waals surface area contributed by atoms with Gasteiger partial charge >= 0.3 is 5.97 Å². The normalized spacial score (nSPS) is 11.6. The molecule has 75 valence electrons. The fraction of sp³-hybridized carbons (Fsp3) is 0.875. The molecule has 0 aliphatic heterocycles. The van der Waals surface area contributed by atoms with Crippen LogP contribution in [0.3, 0.4) is 0 Å². The molecule has 1 radical (unpaired) electrons. The third kappa shape index (κ3) is 9.94. The number of carbonyl (C=O) groups is 1. The molecule has 0 rings (SSSR count). The van der Waals surface area contributed by atoms with Crippen molar-refractivity contribution >= 4 is 5.97 Å². The number of hydrogen-bond donors (Lipinski definition) is 1. The van der Waals surface area contributed by atoms with Gasteiger partial charge in [-0.3, -0.25) is 10.5 Å². The monoisotopic (exact) mass is 218 g/mol. The van der Waals surface area contributed by atoms with E-state index in [1.165, 1.54) is 6.92 Å². The summed E-state index contributed by atoms with van der Waals surface area (Å²) in [6, 6.07) is 0. The number of ether oxygens (including phenoxy) is 1. The molecule has 0 saturated carbocycles. The molecule has 0 fully saturated rings. The first-order chi connectivity index (χ1) is 5.16. The zero-order chi connectivity index (χ0) is 8.69. The molecule has 0 aliphatic rings. The van der Waals surface area contributed by atoms with E-state index >= 15 is 0 Å². The Morgan fingerprint density at radius 1 is 1.50 bits per heavy atom. The predicted octanol–water partition coefficient (Wildman–Crippen LogP) is 1.41. The maximum Gasteiger partial charge on any atom is 0.304 e. The van der Waals surface area contributed by atoms with Gasteiger partial charge in [0.2, 0.25) is 0 Å². The van der Waals surface area contributed by atoms with Crippen molar-refractivity contribution < 1.29 is 26.3 Å². The zero-order valence-corrected chi connectivity index (χ0v) is 8.67. The van der Waals surface area contributed by atoms with Crippen molar-refractivity contribution in [1.82, 2.24) is 0 Å². The van der Waals surface area contributed by atoms with Crippen LogP contribution < -0.4 is 5.73 Å². The van der Waals surface area contributed by atoms with Crippen molar-refractivity contribution in [3.05, 3.63) is 0 Å². The van der Waals surface area contributed by atoms with Crippen LogP contribution in [0.25, 0.3) is 0 Å². The van der Waals surface area contributed by atoms with Crippen LogP contribution in [-0.2, 0) is 26.3 Å². The Balaban J connectivity index is 0. The molecule has 0 spiro atoms. The molecule has 0 aromatic carbocycles. The summed E-state index contributed by atoms with van der Waals surface area (Å²) in [5, 5.41) is 0. The summed E-state index contributed by atoms with van der Waals surface area (Å²) in [7, 11) is 0. The van der Waals surface area contributed by atoms with Gasteiger partial charge in [0.15, 0.2) is 6.23 Å². The summed E-state index contributed by atoms with van der Waals surface area (Å²) >= 11 is 0. The van der Waals surface area contributed by atoms with E-state index < -0.39 is 6.23 Å². The summed E-state index contributed by atoms with van der Waals surface area (Å²) in [4.78, 5) is 10.4. The third-order valence-corrected chi connectivity index (χ3v) is 1.41.